The molecule has 200 valence electrons. The molecule has 1 aromatic carbocycles. The number of benzene rings is 1. The van der Waals surface area contributed by atoms with E-state index in [9.17, 15) is 9.59 Å². The molecule has 5 rings (SSSR count). The second-order valence-corrected chi connectivity index (χ2v) is 11.0. The van der Waals surface area contributed by atoms with Gasteiger partial charge in [-0.15, -0.1) is 0 Å². The Morgan fingerprint density at radius 1 is 1.13 bits per heavy atom. The van der Waals surface area contributed by atoms with E-state index in [1.54, 1.807) is 18.3 Å². The normalized spacial score (nSPS) is 20.4. The van der Waals surface area contributed by atoms with Gasteiger partial charge in [-0.3, -0.25) is 24.8 Å². The fourth-order valence-corrected chi connectivity index (χ4v) is 5.99. The van der Waals surface area contributed by atoms with Crippen LogP contribution in [0, 0.1) is 19.8 Å². The number of likely N-dealkylation sites (tertiary alicyclic amines) is 2. The number of hydrogen-bond donors (Lipinski definition) is 1. The highest BCUT2D eigenvalue weighted by Gasteiger charge is 2.28. The van der Waals surface area contributed by atoms with Crippen molar-refractivity contribution in [2.45, 2.75) is 59.0 Å². The van der Waals surface area contributed by atoms with Crippen molar-refractivity contribution in [1.82, 2.24) is 24.3 Å². The zero-order valence-electron chi connectivity index (χ0n) is 22.7. The second kappa shape index (κ2) is 11.1. The first-order valence-electron chi connectivity index (χ1n) is 13.7. The average Bonchev–Trinajstić information content (AvgIpc) is 3.36. The summed E-state index contributed by atoms with van der Waals surface area (Å²) in [5.41, 5.74) is 5.58. The lowest BCUT2D eigenvalue weighted by atomic mass is 10.1. The standard InChI is InChI=1S/C30H38N6O2/c1-5-27(37)35-12-7-6-8-25(19-35)36-28-21(3)14-23(18-34-13-10-20(2)17-34)16-26(28)32-30(36)33-29(38)24-9-11-31-22(4)15-24/h5,9,11,14-16,20,25H,1,6-8,10,12-13,17-19H2,2-4H3,(H,32,33,38)/t20-,25+/m0/s1. The van der Waals surface area contributed by atoms with Crippen LogP contribution in [0.3, 0.4) is 0 Å². The van der Waals surface area contributed by atoms with Crippen LogP contribution in [0.4, 0.5) is 5.95 Å². The Morgan fingerprint density at radius 3 is 2.71 bits per heavy atom. The third-order valence-corrected chi connectivity index (χ3v) is 7.83. The Bertz CT molecular complexity index is 1360. The molecule has 2 aromatic heterocycles. The SMILES string of the molecule is C=CC(=O)N1CCCC[C@@H](n2c(NC(=O)c3ccnc(C)c3)nc3cc(CN4CC[C@H](C)C4)cc(C)c32)C1. The maximum absolute atomic E-state index is 13.3. The zero-order valence-corrected chi connectivity index (χ0v) is 22.7. The first kappa shape index (κ1) is 26.1. The fourth-order valence-electron chi connectivity index (χ4n) is 5.99. The summed E-state index contributed by atoms with van der Waals surface area (Å²) in [5, 5.41) is 3.10. The molecule has 0 radical (unpaired) electrons. The van der Waals surface area contributed by atoms with Crippen molar-refractivity contribution in [1.29, 1.82) is 0 Å². The molecule has 2 atom stereocenters. The number of carbonyl (C=O) groups is 2. The molecular formula is C30H38N6O2. The molecule has 1 N–H and O–H groups in total. The Morgan fingerprint density at radius 2 is 1.97 bits per heavy atom. The lowest BCUT2D eigenvalue weighted by Crippen LogP contribution is -2.34. The molecule has 2 aliphatic heterocycles. The van der Waals surface area contributed by atoms with Gasteiger partial charge >= 0.3 is 0 Å². The van der Waals surface area contributed by atoms with Gasteiger partial charge in [-0.1, -0.05) is 19.6 Å². The van der Waals surface area contributed by atoms with Gasteiger partial charge in [0.05, 0.1) is 17.1 Å². The number of imidazole rings is 1. The lowest BCUT2D eigenvalue weighted by molar-refractivity contribution is -0.126. The Balaban J connectivity index is 1.55. The molecule has 8 heteroatoms. The van der Waals surface area contributed by atoms with Crippen molar-refractivity contribution >= 4 is 28.8 Å². The van der Waals surface area contributed by atoms with Crippen molar-refractivity contribution < 1.29 is 9.59 Å². The average molecular weight is 515 g/mol. The Labute approximate surface area is 224 Å². The van der Waals surface area contributed by atoms with Gasteiger partial charge < -0.3 is 9.47 Å². The number of aromatic nitrogens is 3. The molecule has 8 nitrogen and oxygen atoms in total. The van der Waals surface area contributed by atoms with Crippen molar-refractivity contribution in [2.24, 2.45) is 5.92 Å². The molecule has 2 aliphatic rings. The molecule has 2 fully saturated rings. The molecule has 2 saturated heterocycles. The van der Waals surface area contributed by atoms with Gasteiger partial charge in [-0.25, -0.2) is 4.98 Å². The highest BCUT2D eigenvalue weighted by atomic mass is 16.2. The highest BCUT2D eigenvalue weighted by molar-refractivity contribution is 6.04. The Kier molecular flexibility index (Phi) is 7.61. The van der Waals surface area contributed by atoms with E-state index in [1.165, 1.54) is 18.1 Å². The molecular weight excluding hydrogens is 476 g/mol. The van der Waals surface area contributed by atoms with Crippen LogP contribution in [0.1, 0.15) is 65.8 Å². The summed E-state index contributed by atoms with van der Waals surface area (Å²) in [4.78, 5) is 39.4. The van der Waals surface area contributed by atoms with Crippen molar-refractivity contribution in [3.8, 4) is 0 Å². The van der Waals surface area contributed by atoms with Crippen LogP contribution in [0.15, 0.2) is 43.1 Å². The van der Waals surface area contributed by atoms with Gasteiger partial charge in [-0.2, -0.15) is 0 Å². The topological polar surface area (TPSA) is 83.4 Å². The van der Waals surface area contributed by atoms with Crippen LogP contribution in [0.25, 0.3) is 11.0 Å². The quantitative estimate of drug-likeness (QED) is 0.474. The highest BCUT2D eigenvalue weighted by Crippen LogP contribution is 2.33. The van der Waals surface area contributed by atoms with E-state index >= 15 is 0 Å². The van der Waals surface area contributed by atoms with Crippen LogP contribution < -0.4 is 5.32 Å². The van der Waals surface area contributed by atoms with E-state index in [0.717, 1.165) is 67.1 Å². The van der Waals surface area contributed by atoms with Gasteiger partial charge in [0.15, 0.2) is 0 Å². The van der Waals surface area contributed by atoms with E-state index in [2.05, 4.69) is 52.3 Å². The number of aryl methyl sites for hydroxylation is 2. The van der Waals surface area contributed by atoms with Crippen LogP contribution >= 0.6 is 0 Å². The number of rotatable bonds is 6. The van der Waals surface area contributed by atoms with Gasteiger partial charge in [0.1, 0.15) is 0 Å². The minimum absolute atomic E-state index is 0.00939. The second-order valence-electron chi connectivity index (χ2n) is 11.0. The van der Waals surface area contributed by atoms with E-state index in [-0.39, 0.29) is 17.9 Å². The van der Waals surface area contributed by atoms with Crippen LogP contribution in [0.5, 0.6) is 0 Å². The first-order valence-corrected chi connectivity index (χ1v) is 13.7. The monoisotopic (exact) mass is 514 g/mol. The third kappa shape index (κ3) is 5.50. The summed E-state index contributed by atoms with van der Waals surface area (Å²) < 4.78 is 2.16. The summed E-state index contributed by atoms with van der Waals surface area (Å²) in [6, 6.07) is 7.90. The van der Waals surface area contributed by atoms with Crippen molar-refractivity contribution in [3.05, 3.63) is 65.5 Å². The fraction of sp³-hybridized carbons (Fsp3) is 0.467. The van der Waals surface area contributed by atoms with Crippen molar-refractivity contribution in [3.63, 3.8) is 0 Å². The number of nitrogens with zero attached hydrogens (tertiary/aromatic N) is 5. The maximum Gasteiger partial charge on any atom is 0.258 e. The summed E-state index contributed by atoms with van der Waals surface area (Å²) >= 11 is 0. The van der Waals surface area contributed by atoms with E-state index in [4.69, 9.17) is 4.98 Å². The predicted molar refractivity (Wildman–Crippen MR) is 150 cm³/mol. The third-order valence-electron chi connectivity index (χ3n) is 7.83. The van der Waals surface area contributed by atoms with Crippen molar-refractivity contribution in [2.75, 3.05) is 31.5 Å². The lowest BCUT2D eigenvalue weighted by Gasteiger charge is -2.26. The van der Waals surface area contributed by atoms with Crippen LogP contribution in [-0.2, 0) is 11.3 Å². The molecule has 2 amide bonds. The largest absolute Gasteiger partial charge is 0.337 e. The molecule has 4 heterocycles. The molecule has 38 heavy (non-hydrogen) atoms. The van der Waals surface area contributed by atoms with E-state index in [1.807, 2.05) is 11.8 Å². The summed E-state index contributed by atoms with van der Waals surface area (Å²) in [6.07, 6.45) is 7.11. The predicted octanol–water partition coefficient (Wildman–Crippen LogP) is 4.88. The van der Waals surface area contributed by atoms with Crippen LogP contribution in [-0.4, -0.2) is 62.3 Å². The number of amides is 2. The first-order chi connectivity index (χ1) is 18.3. The molecule has 0 aliphatic carbocycles. The van der Waals surface area contributed by atoms with Crippen LogP contribution in [0.2, 0.25) is 0 Å². The summed E-state index contributed by atoms with van der Waals surface area (Å²) in [5.74, 6) is 0.975. The molecule has 0 spiro atoms. The number of nitrogens with one attached hydrogen (secondary N) is 1. The summed E-state index contributed by atoms with van der Waals surface area (Å²) in [7, 11) is 0. The molecule has 0 bridgehead atoms. The number of carbonyl (C=O) groups excluding carboxylic acids is 2. The molecule has 3 aromatic rings. The number of pyridine rings is 1. The minimum atomic E-state index is -0.219. The van der Waals surface area contributed by atoms with Gasteiger partial charge in [0.25, 0.3) is 5.91 Å². The van der Waals surface area contributed by atoms with Gasteiger partial charge in [0, 0.05) is 43.6 Å². The summed E-state index contributed by atoms with van der Waals surface area (Å²) in [6.45, 7) is 14.4. The molecule has 0 unspecified atom stereocenters. The van der Waals surface area contributed by atoms with E-state index < -0.39 is 0 Å². The minimum Gasteiger partial charge on any atom is -0.337 e. The smallest absolute Gasteiger partial charge is 0.258 e. The number of fused-ring (bicyclic) bond motifs is 1. The number of hydrogen-bond acceptors (Lipinski definition) is 5. The van der Waals surface area contributed by atoms with Gasteiger partial charge in [0.2, 0.25) is 11.9 Å². The Hall–Kier alpha value is -3.52. The van der Waals surface area contributed by atoms with Gasteiger partial charge in [-0.05, 0) is 87.4 Å². The van der Waals surface area contributed by atoms with E-state index in [0.29, 0.717) is 24.6 Å². The number of anilines is 1. The molecule has 0 saturated carbocycles. The maximum atomic E-state index is 13.3. The zero-order chi connectivity index (χ0) is 26.8.